The first kappa shape index (κ1) is 11.9. The van der Waals surface area contributed by atoms with Crippen LogP contribution in [0.15, 0.2) is 36.4 Å². The number of hydrogen-bond donors (Lipinski definition) is 1. The molecule has 0 heterocycles. The van der Waals surface area contributed by atoms with Crippen molar-refractivity contribution in [3.05, 3.63) is 47.8 Å². The van der Waals surface area contributed by atoms with Gasteiger partial charge in [0.25, 0.3) is 0 Å². The molecule has 0 saturated carbocycles. The molecule has 1 nitrogen and oxygen atoms in total. The Hall–Kier alpha value is -1.15. The molecule has 0 aromatic heterocycles. The summed E-state index contributed by atoms with van der Waals surface area (Å²) in [5.41, 5.74) is 1.85. The van der Waals surface area contributed by atoms with Gasteiger partial charge in [0.05, 0.1) is 0 Å². The second kappa shape index (κ2) is 5.66. The van der Waals surface area contributed by atoms with E-state index >= 15 is 0 Å². The normalized spacial score (nSPS) is 12.5. The van der Waals surface area contributed by atoms with Crippen molar-refractivity contribution >= 4 is 0 Å². The highest BCUT2D eigenvalue weighted by atomic mass is 19.1. The Labute approximate surface area is 91.0 Å². The fourth-order valence-corrected chi connectivity index (χ4v) is 1.36. The summed E-state index contributed by atoms with van der Waals surface area (Å²) >= 11 is 0. The lowest BCUT2D eigenvalue weighted by Gasteiger charge is -2.15. The summed E-state index contributed by atoms with van der Waals surface area (Å²) in [6.45, 7) is 8.67. The van der Waals surface area contributed by atoms with Gasteiger partial charge >= 0.3 is 0 Å². The Morgan fingerprint density at radius 1 is 1.47 bits per heavy atom. The molecule has 0 aliphatic carbocycles. The van der Waals surface area contributed by atoms with Crippen molar-refractivity contribution in [2.45, 2.75) is 26.3 Å². The zero-order valence-corrected chi connectivity index (χ0v) is 9.39. The molecule has 82 valence electrons. The molecule has 0 bridgehead atoms. The summed E-state index contributed by atoms with van der Waals surface area (Å²) in [5.74, 6) is -0.153. The molecular weight excluding hydrogens is 189 g/mol. The molecule has 0 aliphatic heterocycles. The van der Waals surface area contributed by atoms with Gasteiger partial charge in [-0.2, -0.15) is 0 Å². The second-order valence-electron chi connectivity index (χ2n) is 3.73. The topological polar surface area (TPSA) is 12.0 Å². The van der Waals surface area contributed by atoms with E-state index in [4.69, 9.17) is 0 Å². The first-order valence-corrected chi connectivity index (χ1v) is 5.29. The van der Waals surface area contributed by atoms with Crippen molar-refractivity contribution in [3.63, 3.8) is 0 Å². The number of nitrogens with one attached hydrogen (secondary N) is 1. The molecule has 2 heteroatoms. The molecule has 0 saturated heterocycles. The van der Waals surface area contributed by atoms with Gasteiger partial charge in [-0.05, 0) is 19.4 Å². The second-order valence-corrected chi connectivity index (χ2v) is 3.73. The molecule has 15 heavy (non-hydrogen) atoms. The summed E-state index contributed by atoms with van der Waals surface area (Å²) in [5, 5.41) is 3.25. The van der Waals surface area contributed by atoms with Crippen LogP contribution in [0.4, 0.5) is 4.39 Å². The monoisotopic (exact) mass is 207 g/mol. The molecule has 1 rings (SSSR count). The molecule has 0 radical (unpaired) electrons. The van der Waals surface area contributed by atoms with Crippen LogP contribution < -0.4 is 5.32 Å². The third kappa shape index (κ3) is 3.48. The summed E-state index contributed by atoms with van der Waals surface area (Å²) < 4.78 is 13.4. The minimum atomic E-state index is -0.153. The van der Waals surface area contributed by atoms with Crippen LogP contribution in [0.2, 0.25) is 0 Å². The van der Waals surface area contributed by atoms with Crippen LogP contribution in [0.1, 0.15) is 31.9 Å². The summed E-state index contributed by atoms with van der Waals surface area (Å²) in [4.78, 5) is 0. The van der Waals surface area contributed by atoms with Gasteiger partial charge in [0.1, 0.15) is 5.82 Å². The predicted molar refractivity (Wildman–Crippen MR) is 62.2 cm³/mol. The lowest BCUT2D eigenvalue weighted by molar-refractivity contribution is 0.543. The molecule has 0 fully saturated rings. The molecule has 1 aromatic carbocycles. The maximum atomic E-state index is 13.4. The number of benzene rings is 1. The summed E-state index contributed by atoms with van der Waals surface area (Å²) in [6, 6.07) is 6.88. The van der Waals surface area contributed by atoms with E-state index in [2.05, 4.69) is 18.8 Å². The Kier molecular flexibility index (Phi) is 4.50. The van der Waals surface area contributed by atoms with Gasteiger partial charge < -0.3 is 5.32 Å². The van der Waals surface area contributed by atoms with Crippen LogP contribution in [-0.2, 0) is 0 Å². The van der Waals surface area contributed by atoms with Gasteiger partial charge in [0, 0.05) is 18.2 Å². The van der Waals surface area contributed by atoms with Crippen molar-refractivity contribution in [2.75, 3.05) is 6.54 Å². The maximum absolute atomic E-state index is 13.4. The van der Waals surface area contributed by atoms with Crippen LogP contribution >= 0.6 is 0 Å². The third-order valence-corrected chi connectivity index (χ3v) is 2.53. The van der Waals surface area contributed by atoms with Crippen molar-refractivity contribution in [1.82, 2.24) is 5.32 Å². The van der Waals surface area contributed by atoms with E-state index in [1.165, 1.54) is 6.07 Å². The maximum Gasteiger partial charge on any atom is 0.127 e. The summed E-state index contributed by atoms with van der Waals surface area (Å²) in [6.07, 6.45) is 0.955. The van der Waals surface area contributed by atoms with E-state index in [1.54, 1.807) is 6.07 Å². The summed E-state index contributed by atoms with van der Waals surface area (Å²) in [7, 11) is 0. The van der Waals surface area contributed by atoms with Crippen molar-refractivity contribution in [3.8, 4) is 0 Å². The van der Waals surface area contributed by atoms with Gasteiger partial charge in [0.15, 0.2) is 0 Å². The zero-order chi connectivity index (χ0) is 11.3. The number of halogens is 1. The quantitative estimate of drug-likeness (QED) is 0.729. The van der Waals surface area contributed by atoms with Crippen molar-refractivity contribution in [1.29, 1.82) is 0 Å². The van der Waals surface area contributed by atoms with E-state index in [0.717, 1.165) is 18.5 Å². The molecule has 0 spiro atoms. The molecule has 1 atom stereocenters. The lowest BCUT2D eigenvalue weighted by Crippen LogP contribution is -2.21. The average molecular weight is 207 g/mol. The molecule has 1 unspecified atom stereocenters. The zero-order valence-electron chi connectivity index (χ0n) is 9.39. The molecule has 0 amide bonds. The average Bonchev–Trinajstić information content (AvgIpc) is 2.26. The fraction of sp³-hybridized carbons (Fsp3) is 0.385. The van der Waals surface area contributed by atoms with Gasteiger partial charge in [-0.25, -0.2) is 4.39 Å². The van der Waals surface area contributed by atoms with E-state index in [-0.39, 0.29) is 11.9 Å². The highest BCUT2D eigenvalue weighted by molar-refractivity contribution is 5.20. The van der Waals surface area contributed by atoms with Gasteiger partial charge in [-0.1, -0.05) is 37.3 Å². The highest BCUT2D eigenvalue weighted by Crippen LogP contribution is 2.16. The van der Waals surface area contributed by atoms with Crippen molar-refractivity contribution < 1.29 is 4.39 Å². The minimum absolute atomic E-state index is 0.0227. The Morgan fingerprint density at radius 2 is 2.13 bits per heavy atom. The van der Waals surface area contributed by atoms with Crippen LogP contribution in [-0.4, -0.2) is 6.54 Å². The lowest BCUT2D eigenvalue weighted by atomic mass is 10.1. The van der Waals surface area contributed by atoms with E-state index in [9.17, 15) is 4.39 Å². The predicted octanol–water partition coefficient (Wildman–Crippen LogP) is 3.44. The minimum Gasteiger partial charge on any atom is -0.306 e. The van der Waals surface area contributed by atoms with E-state index in [0.29, 0.717) is 5.56 Å². The first-order chi connectivity index (χ1) is 7.15. The highest BCUT2D eigenvalue weighted by Gasteiger charge is 2.08. The SMILES string of the molecule is C=C(CC)CNC(C)c1ccccc1F. The van der Waals surface area contributed by atoms with Crippen LogP contribution in [0, 0.1) is 5.82 Å². The van der Waals surface area contributed by atoms with Gasteiger partial charge in [-0.3, -0.25) is 0 Å². The van der Waals surface area contributed by atoms with Crippen LogP contribution in [0.25, 0.3) is 0 Å². The van der Waals surface area contributed by atoms with Crippen molar-refractivity contribution in [2.24, 2.45) is 0 Å². The fourth-order valence-electron chi connectivity index (χ4n) is 1.36. The number of rotatable bonds is 5. The van der Waals surface area contributed by atoms with Crippen LogP contribution in [0.5, 0.6) is 0 Å². The Morgan fingerprint density at radius 3 is 2.73 bits per heavy atom. The Bertz CT molecular complexity index is 333. The standard InChI is InChI=1S/C13H18FN/c1-4-10(2)9-15-11(3)12-7-5-6-8-13(12)14/h5-8,11,15H,2,4,9H2,1,3H3. The molecule has 1 N–H and O–H groups in total. The molecular formula is C13H18FN. The van der Waals surface area contributed by atoms with Crippen LogP contribution in [0.3, 0.4) is 0 Å². The smallest absolute Gasteiger partial charge is 0.127 e. The third-order valence-electron chi connectivity index (χ3n) is 2.53. The molecule has 1 aromatic rings. The largest absolute Gasteiger partial charge is 0.306 e. The van der Waals surface area contributed by atoms with E-state index < -0.39 is 0 Å². The van der Waals surface area contributed by atoms with E-state index in [1.807, 2.05) is 19.1 Å². The Balaban J connectivity index is 2.57. The van der Waals surface area contributed by atoms with Gasteiger partial charge in [0.2, 0.25) is 0 Å². The molecule has 0 aliphatic rings. The number of hydrogen-bond acceptors (Lipinski definition) is 1. The first-order valence-electron chi connectivity index (χ1n) is 5.29. The van der Waals surface area contributed by atoms with Gasteiger partial charge in [-0.15, -0.1) is 0 Å².